The number of hydrogen-bond acceptors (Lipinski definition) is 1. The van der Waals surface area contributed by atoms with Gasteiger partial charge in [0.1, 0.15) is 11.5 Å². The highest BCUT2D eigenvalue weighted by Gasteiger charge is 2.20. The molecule has 2 aromatic rings. The third-order valence-corrected chi connectivity index (χ3v) is 6.97. The maximum absolute atomic E-state index is 6.10. The van der Waals surface area contributed by atoms with Crippen molar-refractivity contribution < 1.29 is 4.74 Å². The topological polar surface area (TPSA) is 9.23 Å². The van der Waals surface area contributed by atoms with E-state index in [0.717, 1.165) is 35.2 Å². The minimum absolute atomic E-state index is 0.743. The Morgan fingerprint density at radius 2 is 0.852 bits per heavy atom. The van der Waals surface area contributed by atoms with Crippen LogP contribution in [0.15, 0.2) is 48.5 Å². The number of rotatable bonds is 4. The first-order chi connectivity index (χ1) is 13.2. The summed E-state index contributed by atoms with van der Waals surface area (Å²) in [5.41, 5.74) is 2.97. The minimum Gasteiger partial charge on any atom is -0.457 e. The van der Waals surface area contributed by atoms with Crippen LogP contribution in [0.5, 0.6) is 11.5 Å². The SMILES string of the molecule is CC1CCC(c2ccc(Oc3ccc(C4CCC(C)CC4)cc3)cc2)CC1. The molecule has 0 radical (unpaired) electrons. The van der Waals surface area contributed by atoms with E-state index in [9.17, 15) is 0 Å². The Labute approximate surface area is 165 Å². The lowest BCUT2D eigenvalue weighted by Gasteiger charge is -2.26. The summed E-state index contributed by atoms with van der Waals surface area (Å²) in [6.45, 7) is 4.76. The molecular formula is C26H34O. The van der Waals surface area contributed by atoms with Gasteiger partial charge >= 0.3 is 0 Å². The van der Waals surface area contributed by atoms with E-state index in [1.54, 1.807) is 0 Å². The Kier molecular flexibility index (Phi) is 5.86. The third-order valence-electron chi connectivity index (χ3n) is 6.97. The molecule has 0 aliphatic heterocycles. The molecule has 2 aliphatic carbocycles. The fraction of sp³-hybridized carbons (Fsp3) is 0.538. The van der Waals surface area contributed by atoms with Crippen LogP contribution in [-0.4, -0.2) is 0 Å². The van der Waals surface area contributed by atoms with Gasteiger partial charge in [-0.3, -0.25) is 0 Å². The lowest BCUT2D eigenvalue weighted by atomic mass is 9.79. The van der Waals surface area contributed by atoms with E-state index in [1.807, 2.05) is 0 Å². The van der Waals surface area contributed by atoms with Gasteiger partial charge in [-0.15, -0.1) is 0 Å². The summed E-state index contributed by atoms with van der Waals surface area (Å²) in [6, 6.07) is 17.7. The van der Waals surface area contributed by atoms with Crippen LogP contribution < -0.4 is 4.74 Å². The van der Waals surface area contributed by atoms with Crippen molar-refractivity contribution in [3.8, 4) is 11.5 Å². The van der Waals surface area contributed by atoms with Crippen molar-refractivity contribution in [2.45, 2.75) is 77.0 Å². The van der Waals surface area contributed by atoms with Crippen LogP contribution in [0.4, 0.5) is 0 Å². The molecular weight excluding hydrogens is 328 g/mol. The normalized spacial score (nSPS) is 28.7. The van der Waals surface area contributed by atoms with Gasteiger partial charge in [-0.25, -0.2) is 0 Å². The van der Waals surface area contributed by atoms with Gasteiger partial charge in [-0.05, 0) is 84.7 Å². The van der Waals surface area contributed by atoms with Crippen molar-refractivity contribution >= 4 is 0 Å². The van der Waals surface area contributed by atoms with Crippen LogP contribution in [0, 0.1) is 11.8 Å². The Balaban J connectivity index is 1.35. The van der Waals surface area contributed by atoms with Crippen LogP contribution in [-0.2, 0) is 0 Å². The van der Waals surface area contributed by atoms with E-state index in [1.165, 1.54) is 62.5 Å². The highest BCUT2D eigenvalue weighted by atomic mass is 16.5. The highest BCUT2D eigenvalue weighted by molar-refractivity contribution is 5.36. The van der Waals surface area contributed by atoms with Gasteiger partial charge in [-0.1, -0.05) is 63.8 Å². The first-order valence-corrected chi connectivity index (χ1v) is 11.0. The maximum Gasteiger partial charge on any atom is 0.127 e. The molecule has 1 nitrogen and oxygen atoms in total. The summed E-state index contributed by atoms with van der Waals surface area (Å²) in [4.78, 5) is 0. The molecule has 0 unspecified atom stereocenters. The molecule has 0 spiro atoms. The van der Waals surface area contributed by atoms with Crippen molar-refractivity contribution in [3.63, 3.8) is 0 Å². The predicted octanol–water partition coefficient (Wildman–Crippen LogP) is 8.07. The molecule has 0 heterocycles. The molecule has 1 heteroatoms. The van der Waals surface area contributed by atoms with Gasteiger partial charge in [0, 0.05) is 0 Å². The molecule has 4 rings (SSSR count). The van der Waals surface area contributed by atoms with Crippen molar-refractivity contribution in [3.05, 3.63) is 59.7 Å². The highest BCUT2D eigenvalue weighted by Crippen LogP contribution is 2.37. The van der Waals surface area contributed by atoms with Gasteiger partial charge in [0.2, 0.25) is 0 Å². The fourth-order valence-electron chi connectivity index (χ4n) is 4.94. The number of benzene rings is 2. The summed E-state index contributed by atoms with van der Waals surface area (Å²) >= 11 is 0. The van der Waals surface area contributed by atoms with Gasteiger partial charge in [-0.2, -0.15) is 0 Å². The zero-order valence-electron chi connectivity index (χ0n) is 17.0. The number of hydrogen-bond donors (Lipinski definition) is 0. The molecule has 144 valence electrons. The molecule has 0 N–H and O–H groups in total. The van der Waals surface area contributed by atoms with Crippen LogP contribution in [0.1, 0.15) is 88.2 Å². The third kappa shape index (κ3) is 4.75. The van der Waals surface area contributed by atoms with Crippen LogP contribution in [0.25, 0.3) is 0 Å². The first kappa shape index (κ1) is 18.6. The molecule has 2 saturated carbocycles. The molecule has 2 aliphatic rings. The van der Waals surface area contributed by atoms with Gasteiger partial charge in [0.25, 0.3) is 0 Å². The van der Waals surface area contributed by atoms with E-state index in [4.69, 9.17) is 4.74 Å². The largest absolute Gasteiger partial charge is 0.457 e. The van der Waals surface area contributed by atoms with E-state index < -0.39 is 0 Å². The average Bonchev–Trinajstić information content (AvgIpc) is 2.71. The molecule has 0 amide bonds. The van der Waals surface area contributed by atoms with Crippen LogP contribution in [0.2, 0.25) is 0 Å². The smallest absolute Gasteiger partial charge is 0.127 e. The average molecular weight is 363 g/mol. The Hall–Kier alpha value is -1.76. The van der Waals surface area contributed by atoms with E-state index >= 15 is 0 Å². The van der Waals surface area contributed by atoms with E-state index in [0.29, 0.717) is 0 Å². The second kappa shape index (κ2) is 8.50. The molecule has 0 aromatic heterocycles. The van der Waals surface area contributed by atoms with Crippen molar-refractivity contribution in [2.75, 3.05) is 0 Å². The quantitative estimate of drug-likeness (QED) is 0.534. The lowest BCUT2D eigenvalue weighted by Crippen LogP contribution is -2.10. The standard InChI is InChI=1S/C26H34O/c1-19-3-7-21(8-4-19)23-11-15-25(16-12-23)27-26-17-13-24(14-18-26)22-9-5-20(2)6-10-22/h11-22H,3-10H2,1-2H3. The first-order valence-electron chi connectivity index (χ1n) is 11.0. The van der Waals surface area contributed by atoms with Gasteiger partial charge in [0.15, 0.2) is 0 Å². The Bertz CT molecular complexity index is 635. The lowest BCUT2D eigenvalue weighted by molar-refractivity contribution is 0.347. The van der Waals surface area contributed by atoms with Crippen molar-refractivity contribution in [1.29, 1.82) is 0 Å². The Morgan fingerprint density at radius 3 is 1.19 bits per heavy atom. The summed E-state index contributed by atoms with van der Waals surface area (Å²) in [5, 5.41) is 0. The van der Waals surface area contributed by atoms with Gasteiger partial charge in [0.05, 0.1) is 0 Å². The molecule has 0 bridgehead atoms. The maximum atomic E-state index is 6.10. The molecule has 2 fully saturated rings. The summed E-state index contributed by atoms with van der Waals surface area (Å²) in [6.07, 6.45) is 10.8. The summed E-state index contributed by atoms with van der Waals surface area (Å²) in [5.74, 6) is 5.19. The van der Waals surface area contributed by atoms with Crippen LogP contribution in [0.3, 0.4) is 0 Å². The predicted molar refractivity (Wildman–Crippen MR) is 114 cm³/mol. The molecule has 27 heavy (non-hydrogen) atoms. The molecule has 0 saturated heterocycles. The second-order valence-electron chi connectivity index (χ2n) is 9.15. The van der Waals surface area contributed by atoms with E-state index in [2.05, 4.69) is 62.4 Å². The van der Waals surface area contributed by atoms with Crippen molar-refractivity contribution in [2.24, 2.45) is 11.8 Å². The molecule has 0 atom stereocenters. The Morgan fingerprint density at radius 1 is 0.519 bits per heavy atom. The minimum atomic E-state index is 0.743. The molecule has 2 aromatic carbocycles. The van der Waals surface area contributed by atoms with Crippen molar-refractivity contribution in [1.82, 2.24) is 0 Å². The zero-order chi connectivity index (χ0) is 18.6. The zero-order valence-corrected chi connectivity index (χ0v) is 17.0. The monoisotopic (exact) mass is 362 g/mol. The van der Waals surface area contributed by atoms with E-state index in [-0.39, 0.29) is 0 Å². The fourth-order valence-corrected chi connectivity index (χ4v) is 4.94. The van der Waals surface area contributed by atoms with Crippen LogP contribution >= 0.6 is 0 Å². The summed E-state index contributed by atoms with van der Waals surface area (Å²) < 4.78 is 6.10. The number of ether oxygens (including phenoxy) is 1. The van der Waals surface area contributed by atoms with Gasteiger partial charge < -0.3 is 4.74 Å². The summed E-state index contributed by atoms with van der Waals surface area (Å²) in [7, 11) is 0. The second-order valence-corrected chi connectivity index (χ2v) is 9.15.